The van der Waals surface area contributed by atoms with Crippen LogP contribution in [0.4, 0.5) is 11.4 Å². The topological polar surface area (TPSA) is 90.4 Å². The number of rotatable bonds is 3. The summed E-state index contributed by atoms with van der Waals surface area (Å²) in [7, 11) is 0. The van der Waals surface area contributed by atoms with E-state index in [9.17, 15) is 4.79 Å². The zero-order chi connectivity index (χ0) is 15.0. The number of nitrogens with one attached hydrogen (secondary N) is 1. The van der Waals surface area contributed by atoms with Gasteiger partial charge in [0.1, 0.15) is 12.4 Å². The minimum atomic E-state index is -0.584. The largest absolute Gasteiger partial charge is 0.491 e. The van der Waals surface area contributed by atoms with E-state index in [-0.39, 0.29) is 11.6 Å². The maximum Gasteiger partial charge on any atom is 0.250 e. The molecule has 2 aromatic carbocycles. The smallest absolute Gasteiger partial charge is 0.250 e. The average Bonchev–Trinajstić information content (AvgIpc) is 2.84. The van der Waals surface area contributed by atoms with E-state index in [1.54, 1.807) is 6.07 Å². The quantitative estimate of drug-likeness (QED) is 0.760. The van der Waals surface area contributed by atoms with Crippen LogP contribution in [0.2, 0.25) is 5.02 Å². The summed E-state index contributed by atoms with van der Waals surface area (Å²) in [6.45, 7) is 0.457. The number of carbonyl (C=O) groups is 1. The van der Waals surface area contributed by atoms with Crippen molar-refractivity contribution >= 4 is 28.9 Å². The number of amides is 1. The molecule has 2 aromatic rings. The molecule has 0 saturated carbocycles. The van der Waals surface area contributed by atoms with Crippen LogP contribution in [0.25, 0.3) is 0 Å². The van der Waals surface area contributed by atoms with Gasteiger partial charge >= 0.3 is 0 Å². The molecule has 1 aliphatic rings. The minimum absolute atomic E-state index is 0.0968. The molecule has 5 nitrogen and oxygen atoms in total. The van der Waals surface area contributed by atoms with Gasteiger partial charge in [-0.25, -0.2) is 0 Å². The molecular formula is C15H14ClN3O2. The fraction of sp³-hybridized carbons (Fsp3) is 0.133. The molecule has 0 spiro atoms. The highest BCUT2D eigenvalue weighted by Crippen LogP contribution is 2.37. The molecule has 1 heterocycles. The normalized spacial score (nSPS) is 16.1. The number of primary amides is 1. The maximum absolute atomic E-state index is 11.6. The van der Waals surface area contributed by atoms with Crippen LogP contribution < -0.4 is 21.5 Å². The van der Waals surface area contributed by atoms with Crippen LogP contribution in [0.15, 0.2) is 36.4 Å². The molecule has 0 aliphatic carbocycles. The van der Waals surface area contributed by atoms with Crippen LogP contribution in [-0.2, 0) is 0 Å². The fourth-order valence-electron chi connectivity index (χ4n) is 2.43. The summed E-state index contributed by atoms with van der Waals surface area (Å²) < 4.78 is 5.60. The molecule has 0 aromatic heterocycles. The SMILES string of the molecule is NC(=O)c1cc(N)cc(Cl)c1NC1COc2ccccc21. The lowest BCUT2D eigenvalue weighted by Gasteiger charge is -2.17. The third-order valence-corrected chi connectivity index (χ3v) is 3.69. The Labute approximate surface area is 126 Å². The maximum atomic E-state index is 11.6. The zero-order valence-electron chi connectivity index (χ0n) is 11.1. The lowest BCUT2D eigenvalue weighted by Crippen LogP contribution is -2.18. The number of nitrogen functional groups attached to an aromatic ring is 1. The Morgan fingerprint density at radius 1 is 1.33 bits per heavy atom. The van der Waals surface area contributed by atoms with Gasteiger partial charge in [0.15, 0.2) is 0 Å². The van der Waals surface area contributed by atoms with E-state index in [1.165, 1.54) is 6.07 Å². The summed E-state index contributed by atoms with van der Waals surface area (Å²) >= 11 is 6.19. The second kappa shape index (κ2) is 5.18. The first-order valence-electron chi connectivity index (χ1n) is 6.43. The zero-order valence-corrected chi connectivity index (χ0v) is 11.9. The fourth-order valence-corrected chi connectivity index (χ4v) is 2.71. The summed E-state index contributed by atoms with van der Waals surface area (Å²) in [5, 5.41) is 3.58. The molecule has 1 amide bonds. The van der Waals surface area contributed by atoms with Gasteiger partial charge in [0, 0.05) is 11.3 Å². The van der Waals surface area contributed by atoms with Gasteiger partial charge in [-0.05, 0) is 18.2 Å². The van der Waals surface area contributed by atoms with Crippen LogP contribution in [-0.4, -0.2) is 12.5 Å². The molecule has 0 bridgehead atoms. The van der Waals surface area contributed by atoms with E-state index in [4.69, 9.17) is 27.8 Å². The molecule has 21 heavy (non-hydrogen) atoms. The van der Waals surface area contributed by atoms with E-state index in [1.807, 2.05) is 24.3 Å². The van der Waals surface area contributed by atoms with Gasteiger partial charge in [0.25, 0.3) is 5.91 Å². The highest BCUT2D eigenvalue weighted by Gasteiger charge is 2.25. The Bertz CT molecular complexity index is 718. The Kier molecular flexibility index (Phi) is 3.35. The molecule has 108 valence electrons. The average molecular weight is 304 g/mol. The molecule has 0 saturated heterocycles. The van der Waals surface area contributed by atoms with Crippen molar-refractivity contribution in [2.45, 2.75) is 6.04 Å². The lowest BCUT2D eigenvalue weighted by atomic mass is 10.1. The molecule has 3 rings (SSSR count). The first kappa shape index (κ1) is 13.6. The van der Waals surface area contributed by atoms with Crippen molar-refractivity contribution in [1.29, 1.82) is 0 Å². The van der Waals surface area contributed by atoms with Crippen LogP contribution in [0, 0.1) is 0 Å². The number of hydrogen-bond donors (Lipinski definition) is 3. The van der Waals surface area contributed by atoms with Crippen LogP contribution in [0.1, 0.15) is 22.0 Å². The van der Waals surface area contributed by atoms with Crippen molar-refractivity contribution in [3.05, 3.63) is 52.5 Å². The van der Waals surface area contributed by atoms with Crippen LogP contribution in [0.3, 0.4) is 0 Å². The first-order chi connectivity index (χ1) is 10.1. The van der Waals surface area contributed by atoms with E-state index in [0.717, 1.165) is 11.3 Å². The van der Waals surface area contributed by atoms with E-state index in [0.29, 0.717) is 23.0 Å². The third kappa shape index (κ3) is 2.48. The van der Waals surface area contributed by atoms with E-state index < -0.39 is 5.91 Å². The summed E-state index contributed by atoms with van der Waals surface area (Å²) in [6, 6.07) is 10.7. The van der Waals surface area contributed by atoms with Crippen molar-refractivity contribution < 1.29 is 9.53 Å². The molecule has 1 aliphatic heterocycles. The molecule has 1 unspecified atom stereocenters. The van der Waals surface area contributed by atoms with Crippen molar-refractivity contribution in [1.82, 2.24) is 0 Å². The van der Waals surface area contributed by atoms with E-state index >= 15 is 0 Å². The van der Waals surface area contributed by atoms with E-state index in [2.05, 4.69) is 5.32 Å². The van der Waals surface area contributed by atoms with Gasteiger partial charge < -0.3 is 21.5 Å². The van der Waals surface area contributed by atoms with Crippen molar-refractivity contribution in [3.8, 4) is 5.75 Å². The van der Waals surface area contributed by atoms with Crippen molar-refractivity contribution in [2.24, 2.45) is 5.73 Å². The van der Waals surface area contributed by atoms with Crippen LogP contribution >= 0.6 is 11.6 Å². The molecular weight excluding hydrogens is 290 g/mol. The Balaban J connectivity index is 1.98. The summed E-state index contributed by atoms with van der Waals surface area (Å²) in [4.78, 5) is 11.6. The summed E-state index contributed by atoms with van der Waals surface area (Å²) in [6.07, 6.45) is 0. The van der Waals surface area contributed by atoms with Gasteiger partial charge in [-0.3, -0.25) is 4.79 Å². The monoisotopic (exact) mass is 303 g/mol. The molecule has 0 fully saturated rings. The summed E-state index contributed by atoms with van der Waals surface area (Å²) in [5.74, 6) is 0.237. The number of carbonyl (C=O) groups excluding carboxylic acids is 1. The second-order valence-corrected chi connectivity index (χ2v) is 5.24. The Hall–Kier alpha value is -2.40. The molecule has 6 heteroatoms. The molecule has 1 atom stereocenters. The first-order valence-corrected chi connectivity index (χ1v) is 6.81. The van der Waals surface area contributed by atoms with Gasteiger partial charge in [-0.15, -0.1) is 0 Å². The second-order valence-electron chi connectivity index (χ2n) is 4.84. The number of nitrogens with two attached hydrogens (primary N) is 2. The molecule has 5 N–H and O–H groups in total. The van der Waals surface area contributed by atoms with Crippen LogP contribution in [0.5, 0.6) is 5.75 Å². The Morgan fingerprint density at radius 3 is 2.86 bits per heavy atom. The lowest BCUT2D eigenvalue weighted by molar-refractivity contribution is 0.100. The van der Waals surface area contributed by atoms with Crippen molar-refractivity contribution in [3.63, 3.8) is 0 Å². The van der Waals surface area contributed by atoms with Gasteiger partial charge in [-0.2, -0.15) is 0 Å². The van der Waals surface area contributed by atoms with Crippen molar-refractivity contribution in [2.75, 3.05) is 17.7 Å². The summed E-state index contributed by atoms with van der Waals surface area (Å²) in [5.41, 5.74) is 13.3. The number of fused-ring (bicyclic) bond motifs is 1. The number of hydrogen-bond acceptors (Lipinski definition) is 4. The number of anilines is 2. The number of ether oxygens (including phenoxy) is 1. The highest BCUT2D eigenvalue weighted by molar-refractivity contribution is 6.34. The highest BCUT2D eigenvalue weighted by atomic mass is 35.5. The predicted octanol–water partition coefficient (Wildman–Crippen LogP) is 2.57. The number of para-hydroxylation sites is 1. The van der Waals surface area contributed by atoms with Gasteiger partial charge in [0.05, 0.1) is 22.3 Å². The standard InChI is InChI=1S/C15H14ClN3O2/c16-11-6-8(17)5-10(15(18)20)14(11)19-12-7-21-13-4-2-1-3-9(12)13/h1-6,12,19H,7,17H2,(H2,18,20). The number of benzene rings is 2. The third-order valence-electron chi connectivity index (χ3n) is 3.40. The minimum Gasteiger partial charge on any atom is -0.491 e. The van der Waals surface area contributed by atoms with Gasteiger partial charge in [-0.1, -0.05) is 29.8 Å². The number of halogens is 1. The molecule has 0 radical (unpaired) electrons. The Morgan fingerprint density at radius 2 is 2.10 bits per heavy atom. The van der Waals surface area contributed by atoms with Gasteiger partial charge in [0.2, 0.25) is 0 Å². The predicted molar refractivity (Wildman–Crippen MR) is 82.7 cm³/mol.